The predicted molar refractivity (Wildman–Crippen MR) is 257 cm³/mol. The SMILES string of the molecule is C=C.CC.COc1ccc2c(c1O)[C@]13CCCN(C)[C@H](CC2)[C@]1(OC(=O)OCC1CCC(COC(=O)O[C@@]24CCC(=O)C[C@@]25CCCN(C)[C@@H]4CCc2ccc(OC)c(O)c25)CC1)CCC(=O)C3. The average molecular weight is 945 g/mol. The Labute approximate surface area is 403 Å². The summed E-state index contributed by atoms with van der Waals surface area (Å²) in [6.07, 6.45) is 8.61. The number of aryl methyl sites for hydroxylation is 2. The Balaban J connectivity index is 0.00000167. The number of methoxy groups -OCH3 is 2. The molecule has 14 heteroatoms. The molecule has 2 heterocycles. The van der Waals surface area contributed by atoms with Gasteiger partial charge >= 0.3 is 12.3 Å². The van der Waals surface area contributed by atoms with E-state index in [0.29, 0.717) is 74.0 Å². The van der Waals surface area contributed by atoms with Crippen molar-refractivity contribution >= 4 is 23.9 Å². The molecule has 68 heavy (non-hydrogen) atoms. The van der Waals surface area contributed by atoms with Crippen molar-refractivity contribution in [3.05, 3.63) is 59.7 Å². The zero-order valence-corrected chi connectivity index (χ0v) is 41.5. The summed E-state index contributed by atoms with van der Waals surface area (Å²) in [5, 5.41) is 23.5. The Morgan fingerprint density at radius 3 is 1.37 bits per heavy atom. The van der Waals surface area contributed by atoms with Crippen molar-refractivity contribution < 1.29 is 57.8 Å². The largest absolute Gasteiger partial charge is 0.508 e. The summed E-state index contributed by atoms with van der Waals surface area (Å²) < 4.78 is 36.4. The fraction of sp³-hybridized carbons (Fsp3) is 0.667. The van der Waals surface area contributed by atoms with Crippen molar-refractivity contribution in [3.8, 4) is 23.0 Å². The number of likely N-dealkylation sites (tertiary alicyclic amines) is 2. The third kappa shape index (κ3) is 8.74. The Bertz CT molecular complexity index is 2020. The van der Waals surface area contributed by atoms with Gasteiger partial charge in [-0.1, -0.05) is 26.0 Å². The molecule has 2 aromatic carbocycles. The Hall–Kier alpha value is -4.82. The van der Waals surface area contributed by atoms with E-state index in [2.05, 4.69) is 37.1 Å². The lowest BCUT2D eigenvalue weighted by atomic mass is 9.55. The van der Waals surface area contributed by atoms with Gasteiger partial charge in [0.25, 0.3) is 0 Å². The van der Waals surface area contributed by atoms with Crippen LogP contribution < -0.4 is 9.47 Å². The van der Waals surface area contributed by atoms with Crippen LogP contribution in [0.4, 0.5) is 9.59 Å². The number of phenolic OH excluding ortho intramolecular Hbond substituents is 2. The number of hydrogen-bond acceptors (Lipinski definition) is 14. The van der Waals surface area contributed by atoms with E-state index >= 15 is 0 Å². The summed E-state index contributed by atoms with van der Waals surface area (Å²) in [6, 6.07) is 7.14. The number of Topliss-reactive ketones (excluding diaryl/α,β-unsaturated/α-hetero) is 2. The monoisotopic (exact) mass is 945 g/mol. The molecule has 5 aliphatic carbocycles. The van der Waals surface area contributed by atoms with Crippen LogP contribution in [0.15, 0.2) is 37.4 Å². The number of carbonyl (C=O) groups is 4. The Morgan fingerprint density at radius 1 is 0.618 bits per heavy atom. The molecule has 3 saturated carbocycles. The van der Waals surface area contributed by atoms with Gasteiger partial charge in [0.05, 0.1) is 39.5 Å². The first-order chi connectivity index (χ1) is 32.8. The van der Waals surface area contributed by atoms with Crippen LogP contribution in [0.1, 0.15) is 139 Å². The number of ether oxygens (including phenoxy) is 6. The lowest BCUT2D eigenvalue weighted by Gasteiger charge is -2.55. The lowest BCUT2D eigenvalue weighted by molar-refractivity contribution is -0.154. The van der Waals surface area contributed by atoms with Crippen molar-refractivity contribution in [2.45, 2.75) is 164 Å². The smallest absolute Gasteiger partial charge is 0.504 e. The summed E-state index contributed by atoms with van der Waals surface area (Å²) in [5.41, 5.74) is -0.780. The van der Waals surface area contributed by atoms with Crippen molar-refractivity contribution in [2.75, 3.05) is 54.6 Å². The van der Waals surface area contributed by atoms with Gasteiger partial charge < -0.3 is 38.6 Å². The van der Waals surface area contributed by atoms with Crippen molar-refractivity contribution in [1.82, 2.24) is 9.80 Å². The number of likely N-dealkylation sites (N-methyl/N-ethyl adjacent to an activating group) is 2. The number of carbonyl (C=O) groups excluding carboxylic acids is 4. The number of hydrogen-bond donors (Lipinski definition) is 2. The third-order valence-electron chi connectivity index (χ3n) is 17.1. The quantitative estimate of drug-likeness (QED) is 0.190. The highest BCUT2D eigenvalue weighted by Crippen LogP contribution is 2.62. The second-order valence-corrected chi connectivity index (χ2v) is 20.2. The number of phenols is 2. The van der Waals surface area contributed by atoms with Gasteiger partial charge in [-0.25, -0.2) is 9.59 Å². The molecule has 9 rings (SSSR count). The average Bonchev–Trinajstić information content (AvgIpc) is 3.65. The molecule has 374 valence electrons. The summed E-state index contributed by atoms with van der Waals surface area (Å²) in [6.45, 7) is 11.9. The summed E-state index contributed by atoms with van der Waals surface area (Å²) in [7, 11) is 7.16. The van der Waals surface area contributed by atoms with E-state index in [1.54, 1.807) is 12.1 Å². The molecule has 7 aliphatic rings. The molecule has 2 aromatic rings. The number of ketones is 2. The van der Waals surface area contributed by atoms with E-state index in [-0.39, 0.29) is 85.9 Å². The molecular formula is C54H76N2O12. The highest BCUT2D eigenvalue weighted by Gasteiger charge is 2.68. The Morgan fingerprint density at radius 2 is 1.00 bits per heavy atom. The zero-order chi connectivity index (χ0) is 49.0. The van der Waals surface area contributed by atoms with Crippen LogP contribution in [-0.4, -0.2) is 122 Å². The standard InChI is InChI=1S/C50H66N2O12.C2H6.C2H4/c1-51-25-5-21-47-27-35(53)19-23-49(47,39(51)17-13-33-11-15-37(59-3)43(55)41(33)47)63-45(57)61-29-31-7-9-32(10-8-31)30-62-46(58)64-50-24-20-36(54)28-48(50)22-6-26-52(2)40(50)18-14-34-12-16-38(60-4)44(56)42(34)48;2*1-2/h11-12,15-16,31-32,39-40,55-56H,5-10,13-14,17-30H2,1-4H3;1-2H3;1-2H2/t31?,32?,39-,40-,47-,48-,49-,50-;;/m1../s1. The second kappa shape index (κ2) is 21.0. The van der Waals surface area contributed by atoms with Crippen LogP contribution in [0.2, 0.25) is 0 Å². The highest BCUT2D eigenvalue weighted by molar-refractivity contribution is 5.84. The van der Waals surface area contributed by atoms with Gasteiger partial charge in [0.1, 0.15) is 22.8 Å². The van der Waals surface area contributed by atoms with Gasteiger partial charge in [-0.15, -0.1) is 13.2 Å². The molecule has 0 amide bonds. The zero-order valence-electron chi connectivity index (χ0n) is 41.5. The van der Waals surface area contributed by atoms with E-state index in [0.717, 1.165) is 62.7 Å². The minimum atomic E-state index is -1.09. The van der Waals surface area contributed by atoms with Gasteiger partial charge in [-0.05, 0) is 152 Å². The van der Waals surface area contributed by atoms with Crippen LogP contribution in [0.5, 0.6) is 23.0 Å². The number of benzene rings is 2. The van der Waals surface area contributed by atoms with E-state index in [9.17, 15) is 29.4 Å². The first-order valence-corrected chi connectivity index (χ1v) is 25.2. The molecule has 0 aromatic heterocycles. The third-order valence-corrected chi connectivity index (χ3v) is 17.1. The maximum Gasteiger partial charge on any atom is 0.508 e. The summed E-state index contributed by atoms with van der Waals surface area (Å²) in [5.74, 6) is 1.09. The molecule has 2 N–H and O–H groups in total. The van der Waals surface area contributed by atoms with E-state index in [1.165, 1.54) is 14.2 Å². The van der Waals surface area contributed by atoms with E-state index < -0.39 is 34.3 Å². The minimum Gasteiger partial charge on any atom is -0.504 e. The number of aromatic hydroxyl groups is 2. The summed E-state index contributed by atoms with van der Waals surface area (Å²) in [4.78, 5) is 59.3. The molecule has 2 aliphatic heterocycles. The first kappa shape index (κ1) is 51.0. The molecule has 4 bridgehead atoms. The highest BCUT2D eigenvalue weighted by atomic mass is 16.7. The van der Waals surface area contributed by atoms with Gasteiger partial charge in [-0.2, -0.15) is 0 Å². The van der Waals surface area contributed by atoms with Crippen LogP contribution in [0.3, 0.4) is 0 Å². The molecule has 0 unspecified atom stereocenters. The molecule has 0 spiro atoms. The molecule has 2 saturated heterocycles. The predicted octanol–water partition coefficient (Wildman–Crippen LogP) is 9.30. The number of rotatable bonds is 8. The van der Waals surface area contributed by atoms with Gasteiger partial charge in [0.2, 0.25) is 0 Å². The van der Waals surface area contributed by atoms with Crippen molar-refractivity contribution in [3.63, 3.8) is 0 Å². The van der Waals surface area contributed by atoms with Gasteiger partial charge in [-0.3, -0.25) is 19.4 Å². The van der Waals surface area contributed by atoms with E-state index in [1.807, 2.05) is 26.0 Å². The maximum absolute atomic E-state index is 14.0. The van der Waals surface area contributed by atoms with Crippen LogP contribution in [0, 0.1) is 11.8 Å². The topological polar surface area (TPSA) is 171 Å². The first-order valence-electron chi connectivity index (χ1n) is 25.2. The number of nitrogens with zero attached hydrogens (tertiary/aromatic N) is 2. The van der Waals surface area contributed by atoms with Crippen molar-refractivity contribution in [2.24, 2.45) is 11.8 Å². The molecule has 6 atom stereocenters. The fourth-order valence-corrected chi connectivity index (χ4v) is 14.2. The maximum atomic E-state index is 14.0. The molecule has 0 radical (unpaired) electrons. The van der Waals surface area contributed by atoms with Crippen molar-refractivity contribution in [1.29, 1.82) is 0 Å². The van der Waals surface area contributed by atoms with Crippen LogP contribution in [-0.2, 0) is 52.2 Å². The molecule has 14 nitrogen and oxygen atoms in total. The molecular weight excluding hydrogens is 869 g/mol. The lowest BCUT2D eigenvalue weighted by Crippen LogP contribution is -2.66. The van der Waals surface area contributed by atoms with Crippen LogP contribution in [0.25, 0.3) is 0 Å². The Kier molecular flexibility index (Phi) is 15.8. The number of fused-ring (bicyclic) bond motifs is 2. The second-order valence-electron chi connectivity index (χ2n) is 20.2. The van der Waals surface area contributed by atoms with Gasteiger partial charge in [0, 0.05) is 47.6 Å². The normalized spacial score (nSPS) is 32.0. The van der Waals surface area contributed by atoms with Gasteiger partial charge in [0.15, 0.2) is 23.0 Å². The summed E-state index contributed by atoms with van der Waals surface area (Å²) >= 11 is 0. The van der Waals surface area contributed by atoms with E-state index in [4.69, 9.17) is 28.4 Å². The van der Waals surface area contributed by atoms with Crippen LogP contribution >= 0.6 is 0 Å². The fourth-order valence-electron chi connectivity index (χ4n) is 14.2. The molecule has 5 fully saturated rings. The minimum absolute atomic E-state index is 0.0199.